The number of pyridine rings is 1. The number of hydrogen-bond donors (Lipinski definition) is 1. The number of nitrogens with one attached hydrogen (secondary N) is 1. The van der Waals surface area contributed by atoms with Crippen molar-refractivity contribution in [1.82, 2.24) is 9.88 Å². The predicted octanol–water partition coefficient (Wildman–Crippen LogP) is 1.64. The van der Waals surface area contributed by atoms with Crippen molar-refractivity contribution < 1.29 is 13.2 Å². The summed E-state index contributed by atoms with van der Waals surface area (Å²) >= 11 is 0. The van der Waals surface area contributed by atoms with Crippen LogP contribution in [-0.2, 0) is 10.0 Å². The molecule has 0 spiro atoms. The van der Waals surface area contributed by atoms with Gasteiger partial charge in [-0.2, -0.15) is 0 Å². The van der Waals surface area contributed by atoms with Crippen molar-refractivity contribution in [1.29, 1.82) is 0 Å². The Morgan fingerprint density at radius 1 is 1.04 bits per heavy atom. The highest BCUT2D eigenvalue weighted by Crippen LogP contribution is 2.20. The monoisotopic (exact) mass is 362 g/mol. The predicted molar refractivity (Wildman–Crippen MR) is 97.7 cm³/mol. The first-order chi connectivity index (χ1) is 12.0. The Morgan fingerprint density at radius 2 is 1.72 bits per heavy atom. The van der Waals surface area contributed by atoms with Gasteiger partial charge in [-0.25, -0.2) is 13.4 Å². The number of methoxy groups -OCH3 is 1. The topological polar surface area (TPSA) is 74.8 Å². The molecule has 1 aromatic heterocycles. The van der Waals surface area contributed by atoms with Crippen LogP contribution in [0.25, 0.3) is 0 Å². The summed E-state index contributed by atoms with van der Waals surface area (Å²) in [4.78, 5) is 8.94. The zero-order chi connectivity index (χ0) is 17.9. The summed E-state index contributed by atoms with van der Waals surface area (Å²) in [5.41, 5.74) is 1.00. The van der Waals surface area contributed by atoms with Gasteiger partial charge in [0.25, 0.3) is 10.0 Å². The molecule has 8 heteroatoms. The molecule has 0 aliphatic carbocycles. The molecule has 1 aliphatic rings. The van der Waals surface area contributed by atoms with Gasteiger partial charge in [-0.15, -0.1) is 0 Å². The quantitative estimate of drug-likeness (QED) is 0.872. The maximum absolute atomic E-state index is 12.4. The minimum atomic E-state index is -3.67. The molecule has 0 amide bonds. The summed E-state index contributed by atoms with van der Waals surface area (Å²) in [6, 6.07) is 9.80. The van der Waals surface area contributed by atoms with Gasteiger partial charge >= 0.3 is 0 Å². The second kappa shape index (κ2) is 7.28. The first kappa shape index (κ1) is 17.5. The first-order valence-corrected chi connectivity index (χ1v) is 9.53. The van der Waals surface area contributed by atoms with Crippen molar-refractivity contribution in [3.8, 4) is 5.75 Å². The van der Waals surface area contributed by atoms with Crippen LogP contribution in [0.2, 0.25) is 0 Å². The highest BCUT2D eigenvalue weighted by molar-refractivity contribution is 7.92. The molecule has 0 saturated carbocycles. The number of nitrogens with zero attached hydrogens (tertiary/aromatic N) is 3. The molecule has 1 aliphatic heterocycles. The van der Waals surface area contributed by atoms with Crippen LogP contribution in [0.5, 0.6) is 5.75 Å². The molecule has 3 rings (SSSR count). The normalized spacial score (nSPS) is 15.8. The lowest BCUT2D eigenvalue weighted by Crippen LogP contribution is -2.44. The maximum atomic E-state index is 12.4. The van der Waals surface area contributed by atoms with Crippen molar-refractivity contribution in [2.24, 2.45) is 0 Å². The van der Waals surface area contributed by atoms with Crippen LogP contribution >= 0.6 is 0 Å². The van der Waals surface area contributed by atoms with Gasteiger partial charge < -0.3 is 14.5 Å². The van der Waals surface area contributed by atoms with E-state index in [1.54, 1.807) is 24.4 Å². The van der Waals surface area contributed by atoms with E-state index in [0.717, 1.165) is 31.9 Å². The molecule has 25 heavy (non-hydrogen) atoms. The Bertz CT molecular complexity index is 799. The van der Waals surface area contributed by atoms with Crippen LogP contribution in [0.15, 0.2) is 47.5 Å². The van der Waals surface area contributed by atoms with Crippen LogP contribution in [0.3, 0.4) is 0 Å². The molecule has 0 radical (unpaired) electrons. The highest BCUT2D eigenvalue weighted by atomic mass is 32.2. The lowest BCUT2D eigenvalue weighted by Gasteiger charge is -2.33. The van der Waals surface area contributed by atoms with E-state index >= 15 is 0 Å². The van der Waals surface area contributed by atoms with Crippen molar-refractivity contribution in [3.05, 3.63) is 42.6 Å². The number of benzene rings is 1. The fraction of sp³-hybridized carbons (Fsp3) is 0.353. The SMILES string of the molecule is COc1ccc(S(=O)(=O)Nc2ccc(N3CCN(C)CC3)cn2)cc1. The Labute approximate surface area is 148 Å². The molecular formula is C17H22N4O3S. The minimum absolute atomic E-state index is 0.165. The number of likely N-dealkylation sites (N-methyl/N-ethyl adjacent to an activating group) is 1. The van der Waals surface area contributed by atoms with E-state index in [1.807, 2.05) is 6.07 Å². The van der Waals surface area contributed by atoms with Gasteiger partial charge in [0.1, 0.15) is 11.6 Å². The smallest absolute Gasteiger partial charge is 0.263 e. The lowest BCUT2D eigenvalue weighted by atomic mass is 10.3. The summed E-state index contributed by atoms with van der Waals surface area (Å²) in [7, 11) is -0.0325. The molecule has 7 nitrogen and oxygen atoms in total. The second-order valence-corrected chi connectivity index (χ2v) is 7.66. The fourth-order valence-corrected chi connectivity index (χ4v) is 3.66. The number of sulfonamides is 1. The Morgan fingerprint density at radius 3 is 2.28 bits per heavy atom. The highest BCUT2D eigenvalue weighted by Gasteiger charge is 2.17. The first-order valence-electron chi connectivity index (χ1n) is 8.04. The van der Waals surface area contributed by atoms with Gasteiger partial charge in [0.05, 0.1) is 23.9 Å². The standard InChI is InChI=1S/C17H22N4O3S/c1-20-9-11-21(12-10-20)14-3-8-17(18-13-14)19-25(22,23)16-6-4-15(24-2)5-7-16/h3-8,13H,9-12H2,1-2H3,(H,18,19). The second-order valence-electron chi connectivity index (χ2n) is 5.97. The van der Waals surface area contributed by atoms with Gasteiger partial charge in [-0.1, -0.05) is 0 Å². The van der Waals surface area contributed by atoms with E-state index in [0.29, 0.717) is 11.6 Å². The molecule has 1 aromatic carbocycles. The van der Waals surface area contributed by atoms with Crippen LogP contribution in [0.4, 0.5) is 11.5 Å². The third-order valence-corrected chi connectivity index (χ3v) is 5.60. The van der Waals surface area contributed by atoms with Crippen molar-refractivity contribution in [2.75, 3.05) is 50.0 Å². The number of ether oxygens (including phenoxy) is 1. The Kier molecular flexibility index (Phi) is 5.10. The van der Waals surface area contributed by atoms with Crippen molar-refractivity contribution >= 4 is 21.5 Å². The third-order valence-electron chi connectivity index (χ3n) is 4.22. The van der Waals surface area contributed by atoms with E-state index in [2.05, 4.69) is 26.6 Å². The number of rotatable bonds is 5. The summed E-state index contributed by atoms with van der Waals surface area (Å²) in [5, 5.41) is 0. The molecule has 1 N–H and O–H groups in total. The van der Waals surface area contributed by atoms with Crippen LogP contribution < -0.4 is 14.4 Å². The number of aromatic nitrogens is 1. The molecular weight excluding hydrogens is 340 g/mol. The summed E-state index contributed by atoms with van der Waals surface area (Å²) < 4.78 is 32.4. The van der Waals surface area contributed by atoms with Gasteiger partial charge in [-0.05, 0) is 43.4 Å². The minimum Gasteiger partial charge on any atom is -0.497 e. The maximum Gasteiger partial charge on any atom is 0.263 e. The molecule has 2 aromatic rings. The third kappa shape index (κ3) is 4.21. The lowest BCUT2D eigenvalue weighted by molar-refractivity contribution is 0.313. The number of hydrogen-bond acceptors (Lipinski definition) is 6. The van der Waals surface area contributed by atoms with Crippen molar-refractivity contribution in [2.45, 2.75) is 4.90 Å². The number of piperazine rings is 1. The summed E-state index contributed by atoms with van der Waals surface area (Å²) in [5.74, 6) is 0.905. The van der Waals surface area contributed by atoms with Gasteiger partial charge in [0, 0.05) is 26.2 Å². The zero-order valence-corrected chi connectivity index (χ0v) is 15.2. The van der Waals surface area contributed by atoms with E-state index in [1.165, 1.54) is 19.2 Å². The summed E-state index contributed by atoms with van der Waals surface area (Å²) in [6.07, 6.45) is 1.71. The average Bonchev–Trinajstić information content (AvgIpc) is 2.63. The number of anilines is 2. The van der Waals surface area contributed by atoms with E-state index in [-0.39, 0.29) is 4.90 Å². The Hall–Kier alpha value is -2.32. The van der Waals surface area contributed by atoms with Crippen molar-refractivity contribution in [3.63, 3.8) is 0 Å². The molecule has 0 unspecified atom stereocenters. The molecule has 0 bridgehead atoms. The molecule has 1 saturated heterocycles. The summed E-state index contributed by atoms with van der Waals surface area (Å²) in [6.45, 7) is 3.89. The molecule has 0 atom stereocenters. The van der Waals surface area contributed by atoms with E-state index in [9.17, 15) is 8.42 Å². The zero-order valence-electron chi connectivity index (χ0n) is 14.3. The van der Waals surface area contributed by atoms with Crippen LogP contribution in [-0.4, -0.2) is 58.6 Å². The molecule has 2 heterocycles. The van der Waals surface area contributed by atoms with Gasteiger partial charge in [0.15, 0.2) is 0 Å². The van der Waals surface area contributed by atoms with Gasteiger partial charge in [0.2, 0.25) is 0 Å². The van der Waals surface area contributed by atoms with E-state index in [4.69, 9.17) is 4.74 Å². The largest absolute Gasteiger partial charge is 0.497 e. The fourth-order valence-electron chi connectivity index (χ4n) is 2.65. The van der Waals surface area contributed by atoms with Crippen LogP contribution in [0.1, 0.15) is 0 Å². The van der Waals surface area contributed by atoms with Gasteiger partial charge in [-0.3, -0.25) is 4.72 Å². The van der Waals surface area contributed by atoms with E-state index < -0.39 is 10.0 Å². The molecule has 1 fully saturated rings. The average molecular weight is 362 g/mol. The Balaban J connectivity index is 1.69. The molecule has 134 valence electrons. The van der Waals surface area contributed by atoms with Crippen LogP contribution in [0, 0.1) is 0 Å².